The Kier molecular flexibility index (Phi) is 8.95. The molecular formula is C29H38N4O6. The van der Waals surface area contributed by atoms with E-state index in [1.54, 1.807) is 12.1 Å². The van der Waals surface area contributed by atoms with Crippen LogP contribution in [0.3, 0.4) is 0 Å². The highest BCUT2D eigenvalue weighted by Crippen LogP contribution is 2.37. The zero-order valence-corrected chi connectivity index (χ0v) is 22.3. The van der Waals surface area contributed by atoms with Crippen LogP contribution >= 0.6 is 0 Å². The van der Waals surface area contributed by atoms with E-state index in [0.29, 0.717) is 37.8 Å². The van der Waals surface area contributed by atoms with Gasteiger partial charge in [0.05, 0.1) is 24.5 Å². The number of pyridine rings is 1. The number of carbonyl (C=O) groups is 2. The Morgan fingerprint density at radius 2 is 1.97 bits per heavy atom. The number of rotatable bonds is 11. The molecule has 2 fully saturated rings. The topological polar surface area (TPSA) is 124 Å². The number of hydrogen-bond donors (Lipinski definition) is 3. The Morgan fingerprint density at radius 1 is 1.18 bits per heavy atom. The van der Waals surface area contributed by atoms with Gasteiger partial charge in [0.25, 0.3) is 0 Å². The van der Waals surface area contributed by atoms with Crippen molar-refractivity contribution in [1.82, 2.24) is 10.0 Å². The number of aliphatic hydroxyl groups excluding tert-OH is 1. The molecule has 2 aromatic rings. The fourth-order valence-corrected chi connectivity index (χ4v) is 5.75. The summed E-state index contributed by atoms with van der Waals surface area (Å²) in [5, 5.41) is 24.2. The molecule has 10 heteroatoms. The lowest BCUT2D eigenvalue weighted by atomic mass is 9.76. The van der Waals surface area contributed by atoms with Crippen LogP contribution in [0.1, 0.15) is 53.7 Å². The molecule has 1 aromatic carbocycles. The number of carbonyl (C=O) groups excluding carboxylic acids is 1. The van der Waals surface area contributed by atoms with Crippen LogP contribution in [-0.2, 0) is 27.2 Å². The van der Waals surface area contributed by atoms with Crippen LogP contribution in [0.5, 0.6) is 0 Å². The molecule has 0 bridgehead atoms. The molecule has 3 aliphatic rings. The number of morpholine rings is 1. The van der Waals surface area contributed by atoms with Crippen molar-refractivity contribution >= 4 is 23.4 Å². The van der Waals surface area contributed by atoms with Gasteiger partial charge in [0, 0.05) is 38.0 Å². The molecule has 10 nitrogen and oxygen atoms in total. The number of para-hydroxylation sites is 1. The number of nitrogens with one attached hydrogen (secondary N) is 1. The van der Waals surface area contributed by atoms with Crippen molar-refractivity contribution in [2.75, 3.05) is 49.7 Å². The van der Waals surface area contributed by atoms with E-state index in [-0.39, 0.29) is 19.1 Å². The molecule has 1 saturated heterocycles. The van der Waals surface area contributed by atoms with E-state index in [1.807, 2.05) is 12.1 Å². The number of carboxylic acid groups (broad SMARTS) is 1. The molecule has 0 unspecified atom stereocenters. The second kappa shape index (κ2) is 12.8. The predicted octanol–water partition coefficient (Wildman–Crippen LogP) is 2.90. The van der Waals surface area contributed by atoms with Crippen LogP contribution in [0.4, 0.5) is 11.5 Å². The first-order chi connectivity index (χ1) is 19.0. The minimum Gasteiger partial charge on any atom is -0.480 e. The zero-order chi connectivity index (χ0) is 27.2. The third kappa shape index (κ3) is 6.51. The lowest BCUT2D eigenvalue weighted by Crippen LogP contribution is -2.53. The molecule has 1 aliphatic carbocycles. The van der Waals surface area contributed by atoms with E-state index >= 15 is 0 Å². The summed E-state index contributed by atoms with van der Waals surface area (Å²) in [5.41, 5.74) is 3.46. The van der Waals surface area contributed by atoms with Gasteiger partial charge in [-0.1, -0.05) is 18.2 Å². The van der Waals surface area contributed by atoms with Crippen LogP contribution < -0.4 is 10.2 Å². The first kappa shape index (κ1) is 27.4. The third-order valence-electron chi connectivity index (χ3n) is 7.99. The fourth-order valence-electron chi connectivity index (χ4n) is 5.75. The molecule has 0 spiro atoms. The van der Waals surface area contributed by atoms with E-state index in [9.17, 15) is 19.8 Å². The molecule has 210 valence electrons. The number of hydrogen-bond acceptors (Lipinski definition) is 9. The lowest BCUT2D eigenvalue weighted by Gasteiger charge is -2.43. The summed E-state index contributed by atoms with van der Waals surface area (Å²) >= 11 is 0. The number of ether oxygens (including phenoxy) is 1. The minimum atomic E-state index is -1.12. The maximum Gasteiger partial charge on any atom is 0.359 e. The highest BCUT2D eigenvalue weighted by molar-refractivity contribution is 5.96. The van der Waals surface area contributed by atoms with Crippen LogP contribution in [-0.4, -0.2) is 83.7 Å². The van der Waals surface area contributed by atoms with Gasteiger partial charge in [-0.25, -0.2) is 9.78 Å². The monoisotopic (exact) mass is 538 g/mol. The largest absolute Gasteiger partial charge is 0.480 e. The van der Waals surface area contributed by atoms with Gasteiger partial charge in [-0.3, -0.25) is 4.79 Å². The van der Waals surface area contributed by atoms with Crippen molar-refractivity contribution < 1.29 is 29.4 Å². The van der Waals surface area contributed by atoms with Gasteiger partial charge in [-0.15, -0.1) is 5.06 Å². The number of fused-ring (bicyclic) bond motifs is 1. The quantitative estimate of drug-likeness (QED) is 0.368. The summed E-state index contributed by atoms with van der Waals surface area (Å²) in [7, 11) is 0. The summed E-state index contributed by atoms with van der Waals surface area (Å²) in [4.78, 5) is 38.3. The molecule has 39 heavy (non-hydrogen) atoms. The van der Waals surface area contributed by atoms with Gasteiger partial charge in [0.1, 0.15) is 11.9 Å². The molecule has 2 aliphatic heterocycles. The number of carboxylic acids is 1. The normalized spacial score (nSPS) is 21.4. The van der Waals surface area contributed by atoms with Gasteiger partial charge in [-0.05, 0) is 74.6 Å². The molecular weight excluding hydrogens is 500 g/mol. The van der Waals surface area contributed by atoms with Crippen LogP contribution in [0.25, 0.3) is 0 Å². The second-order valence-electron chi connectivity index (χ2n) is 10.6. The molecule has 0 radical (unpaired) electrons. The van der Waals surface area contributed by atoms with Crippen molar-refractivity contribution in [2.45, 2.75) is 57.0 Å². The fraction of sp³-hybridized carbons (Fsp3) is 0.552. The number of aliphatic hydroxyl groups is 1. The molecule has 3 heterocycles. The molecule has 1 saturated carbocycles. The van der Waals surface area contributed by atoms with Gasteiger partial charge in [0.2, 0.25) is 0 Å². The molecule has 1 aromatic heterocycles. The summed E-state index contributed by atoms with van der Waals surface area (Å²) < 4.78 is 5.44. The second-order valence-corrected chi connectivity index (χ2v) is 10.6. The number of aryl methyl sites for hydroxylation is 2. The van der Waals surface area contributed by atoms with Crippen molar-refractivity contribution in [2.24, 2.45) is 5.92 Å². The Bertz CT molecular complexity index is 1150. The van der Waals surface area contributed by atoms with Crippen LogP contribution in [0.2, 0.25) is 0 Å². The number of benzene rings is 1. The van der Waals surface area contributed by atoms with Crippen molar-refractivity contribution in [1.29, 1.82) is 0 Å². The Balaban J connectivity index is 1.24. The molecule has 3 N–H and O–H groups in total. The van der Waals surface area contributed by atoms with Gasteiger partial charge in [0.15, 0.2) is 0 Å². The van der Waals surface area contributed by atoms with E-state index in [1.165, 1.54) is 10.6 Å². The number of anilines is 2. The van der Waals surface area contributed by atoms with Gasteiger partial charge >= 0.3 is 11.9 Å². The first-order valence-electron chi connectivity index (χ1n) is 14.0. The van der Waals surface area contributed by atoms with Gasteiger partial charge in [-0.2, -0.15) is 0 Å². The van der Waals surface area contributed by atoms with Crippen LogP contribution in [0.15, 0.2) is 36.4 Å². The third-order valence-corrected chi connectivity index (χ3v) is 7.99. The molecule has 1 atom stereocenters. The maximum atomic E-state index is 13.4. The minimum absolute atomic E-state index is 0.0268. The number of hydroxylamine groups is 2. The molecule has 0 amide bonds. The Morgan fingerprint density at radius 3 is 2.74 bits per heavy atom. The smallest absolute Gasteiger partial charge is 0.359 e. The average molecular weight is 539 g/mol. The number of nitrogens with zero attached hydrogens (tertiary/aromatic N) is 3. The number of aliphatic carboxylic acids is 1. The highest BCUT2D eigenvalue weighted by Gasteiger charge is 2.42. The average Bonchev–Trinajstić information content (AvgIpc) is 2.94. The summed E-state index contributed by atoms with van der Waals surface area (Å²) in [6.45, 7) is 3.12. The van der Waals surface area contributed by atoms with Crippen LogP contribution in [0, 0.1) is 5.92 Å². The van der Waals surface area contributed by atoms with E-state index in [2.05, 4.69) is 22.3 Å². The number of aromatic nitrogens is 1. The van der Waals surface area contributed by atoms with E-state index in [4.69, 9.17) is 14.6 Å². The summed E-state index contributed by atoms with van der Waals surface area (Å²) in [6.07, 6.45) is 5.38. The van der Waals surface area contributed by atoms with Crippen molar-refractivity contribution in [3.63, 3.8) is 0 Å². The maximum absolute atomic E-state index is 13.4. The lowest BCUT2D eigenvalue weighted by molar-refractivity contribution is -0.204. The Labute approximate surface area is 228 Å². The zero-order valence-electron chi connectivity index (χ0n) is 22.3. The Hall–Kier alpha value is -3.21. The summed E-state index contributed by atoms with van der Waals surface area (Å²) in [5.74, 6) is -0.330. The predicted molar refractivity (Wildman–Crippen MR) is 146 cm³/mol. The standard InChI is InChI=1S/C29H38N4O6/c34-15-11-26(28(35)36)33(39-29(37)24-5-1-2-6-25(24)32-13-16-38-17-14-32)23-18-20(19-23)7-9-22-10-8-21-4-3-12-30-27(21)31-22/h1-2,5-6,8,10,20,23,26,34H,3-4,7,9,11-19H2,(H,30,31)(H,35,36)/t20?,23?,26-/m0/s1. The molecule has 5 rings (SSSR count). The summed E-state index contributed by atoms with van der Waals surface area (Å²) in [6, 6.07) is 10.1. The first-order valence-corrected chi connectivity index (χ1v) is 14.0. The SMILES string of the molecule is O=C(ON(C1CC(CCc2ccc3c(n2)NCCC3)C1)[C@@H](CCO)C(=O)O)c1ccccc1N1CCOCC1. The van der Waals surface area contributed by atoms with E-state index in [0.717, 1.165) is 62.3 Å². The van der Waals surface area contributed by atoms with Gasteiger partial charge < -0.3 is 30.0 Å². The highest BCUT2D eigenvalue weighted by atomic mass is 16.7. The van der Waals surface area contributed by atoms with Crippen molar-refractivity contribution in [3.05, 3.63) is 53.2 Å². The van der Waals surface area contributed by atoms with E-state index < -0.39 is 18.0 Å². The van der Waals surface area contributed by atoms with Crippen molar-refractivity contribution in [3.8, 4) is 0 Å².